The van der Waals surface area contributed by atoms with Crippen molar-refractivity contribution in [3.8, 4) is 0 Å². The van der Waals surface area contributed by atoms with E-state index in [0.717, 1.165) is 22.2 Å². The molecule has 1 heterocycles. The molecule has 0 aliphatic carbocycles. The first-order chi connectivity index (χ1) is 8.51. The molecule has 0 bridgehead atoms. The number of anilines is 1. The Kier molecular flexibility index (Phi) is 4.25. The Balaban J connectivity index is 2.31. The zero-order valence-electron chi connectivity index (χ0n) is 9.96. The highest BCUT2D eigenvalue weighted by Gasteiger charge is 2.15. The van der Waals surface area contributed by atoms with Gasteiger partial charge in [-0.2, -0.15) is 0 Å². The van der Waals surface area contributed by atoms with Crippen molar-refractivity contribution in [2.75, 3.05) is 5.32 Å². The SMILES string of the molecule is CCC(Br)C(=O)Nc1nc2c(Cl)cc(C)cc2s1. The van der Waals surface area contributed by atoms with Gasteiger partial charge in [-0.05, 0) is 31.0 Å². The maximum absolute atomic E-state index is 11.7. The number of hydrogen-bond donors (Lipinski definition) is 1. The molecule has 6 heteroatoms. The third kappa shape index (κ3) is 2.84. The van der Waals surface area contributed by atoms with E-state index in [1.807, 2.05) is 26.0 Å². The maximum atomic E-state index is 11.7. The van der Waals surface area contributed by atoms with Gasteiger partial charge in [0, 0.05) is 0 Å². The molecule has 3 nitrogen and oxygen atoms in total. The van der Waals surface area contributed by atoms with Crippen molar-refractivity contribution in [1.29, 1.82) is 0 Å². The number of aromatic nitrogens is 1. The summed E-state index contributed by atoms with van der Waals surface area (Å²) in [5, 5.41) is 3.99. The van der Waals surface area contributed by atoms with Crippen molar-refractivity contribution in [3.05, 3.63) is 22.7 Å². The van der Waals surface area contributed by atoms with Crippen molar-refractivity contribution in [3.63, 3.8) is 0 Å². The predicted octanol–water partition coefficient (Wildman–Crippen LogP) is 4.37. The number of rotatable bonds is 3. The number of carbonyl (C=O) groups is 1. The molecule has 0 spiro atoms. The van der Waals surface area contributed by atoms with E-state index >= 15 is 0 Å². The average Bonchev–Trinajstić information content (AvgIpc) is 2.70. The van der Waals surface area contributed by atoms with Gasteiger partial charge >= 0.3 is 0 Å². The minimum absolute atomic E-state index is 0.0793. The summed E-state index contributed by atoms with van der Waals surface area (Å²) < 4.78 is 0.984. The Bertz CT molecular complexity index is 599. The first kappa shape index (κ1) is 13.8. The fraction of sp³-hybridized carbons (Fsp3) is 0.333. The van der Waals surface area contributed by atoms with Gasteiger partial charge < -0.3 is 5.32 Å². The van der Waals surface area contributed by atoms with E-state index in [-0.39, 0.29) is 10.7 Å². The van der Waals surface area contributed by atoms with Crippen LogP contribution in [0.5, 0.6) is 0 Å². The molecule has 0 saturated carbocycles. The Hall–Kier alpha value is -0.650. The van der Waals surface area contributed by atoms with Gasteiger partial charge in [-0.25, -0.2) is 4.98 Å². The summed E-state index contributed by atoms with van der Waals surface area (Å²) in [5.74, 6) is -0.0793. The number of nitrogens with zero attached hydrogens (tertiary/aromatic N) is 1. The van der Waals surface area contributed by atoms with Crippen LogP contribution in [0, 0.1) is 6.92 Å². The van der Waals surface area contributed by atoms with Crippen LogP contribution in [0.2, 0.25) is 5.02 Å². The topological polar surface area (TPSA) is 42.0 Å². The van der Waals surface area contributed by atoms with Gasteiger partial charge in [0.2, 0.25) is 5.91 Å². The predicted molar refractivity (Wildman–Crippen MR) is 81.0 cm³/mol. The van der Waals surface area contributed by atoms with Crippen LogP contribution < -0.4 is 5.32 Å². The summed E-state index contributed by atoms with van der Waals surface area (Å²) in [7, 11) is 0. The van der Waals surface area contributed by atoms with Crippen molar-refractivity contribution in [1.82, 2.24) is 4.98 Å². The number of hydrogen-bond acceptors (Lipinski definition) is 3. The number of carbonyl (C=O) groups excluding carboxylic acids is 1. The number of halogens is 2. The lowest BCUT2D eigenvalue weighted by Gasteiger charge is -2.04. The van der Waals surface area contributed by atoms with E-state index in [1.165, 1.54) is 11.3 Å². The fourth-order valence-electron chi connectivity index (χ4n) is 1.54. The summed E-state index contributed by atoms with van der Waals surface area (Å²) in [6.07, 6.45) is 0.733. The molecule has 2 aromatic rings. The standard InChI is InChI=1S/C12H12BrClN2OS/c1-3-7(13)11(17)16-12-15-10-8(14)4-6(2)5-9(10)18-12/h4-5,7H,3H2,1-2H3,(H,15,16,17). The smallest absolute Gasteiger partial charge is 0.239 e. The molecule has 0 aliphatic rings. The van der Waals surface area contributed by atoms with E-state index in [2.05, 4.69) is 26.2 Å². The molecule has 0 fully saturated rings. The Morgan fingerprint density at radius 2 is 2.33 bits per heavy atom. The number of aryl methyl sites for hydroxylation is 1. The molecule has 1 unspecified atom stereocenters. The van der Waals surface area contributed by atoms with E-state index in [9.17, 15) is 4.79 Å². The number of benzene rings is 1. The lowest BCUT2D eigenvalue weighted by atomic mass is 10.2. The van der Waals surface area contributed by atoms with Crippen LogP contribution >= 0.6 is 38.9 Å². The molecular weight excluding hydrogens is 336 g/mol. The lowest BCUT2D eigenvalue weighted by Crippen LogP contribution is -2.21. The first-order valence-electron chi connectivity index (χ1n) is 5.53. The molecular formula is C12H12BrClN2OS. The van der Waals surface area contributed by atoms with Crippen LogP contribution in [0.15, 0.2) is 12.1 Å². The normalized spacial score (nSPS) is 12.7. The molecule has 0 radical (unpaired) electrons. The highest BCUT2D eigenvalue weighted by molar-refractivity contribution is 9.10. The van der Waals surface area contributed by atoms with Crippen LogP contribution in [0.25, 0.3) is 10.2 Å². The molecule has 2 rings (SSSR count). The summed E-state index contributed by atoms with van der Waals surface area (Å²) in [5.41, 5.74) is 1.83. The molecule has 0 saturated heterocycles. The fourth-order valence-corrected chi connectivity index (χ4v) is 3.02. The third-order valence-corrected chi connectivity index (χ3v) is 4.74. The van der Waals surface area contributed by atoms with Gasteiger partial charge in [-0.1, -0.05) is 45.8 Å². The van der Waals surface area contributed by atoms with Crippen molar-refractivity contribution in [2.24, 2.45) is 0 Å². The molecule has 1 aromatic heterocycles. The van der Waals surface area contributed by atoms with Crippen LogP contribution in [0.4, 0.5) is 5.13 Å². The van der Waals surface area contributed by atoms with Crippen molar-refractivity contribution in [2.45, 2.75) is 25.1 Å². The largest absolute Gasteiger partial charge is 0.301 e. The molecule has 18 heavy (non-hydrogen) atoms. The summed E-state index contributed by atoms with van der Waals surface area (Å²) >= 11 is 10.9. The second-order valence-corrected chi connectivity index (χ2v) is 6.52. The quantitative estimate of drug-likeness (QED) is 0.838. The highest BCUT2D eigenvalue weighted by Crippen LogP contribution is 2.32. The second kappa shape index (κ2) is 5.55. The zero-order valence-corrected chi connectivity index (χ0v) is 13.1. The maximum Gasteiger partial charge on any atom is 0.239 e. The molecule has 1 aromatic carbocycles. The lowest BCUT2D eigenvalue weighted by molar-refractivity contribution is -0.115. The van der Waals surface area contributed by atoms with Gasteiger partial charge in [0.25, 0.3) is 0 Å². The molecule has 1 amide bonds. The molecule has 96 valence electrons. The molecule has 1 atom stereocenters. The number of nitrogens with one attached hydrogen (secondary N) is 1. The van der Waals surface area contributed by atoms with Crippen molar-refractivity contribution >= 4 is 60.1 Å². The molecule has 1 N–H and O–H groups in total. The summed E-state index contributed by atoms with van der Waals surface area (Å²) in [6.45, 7) is 3.92. The van der Waals surface area contributed by atoms with Crippen LogP contribution in [-0.2, 0) is 4.79 Å². The highest BCUT2D eigenvalue weighted by atomic mass is 79.9. The number of thiazole rings is 1. The minimum atomic E-state index is -0.193. The Morgan fingerprint density at radius 3 is 3.00 bits per heavy atom. The van der Waals surface area contributed by atoms with Gasteiger partial charge in [0.05, 0.1) is 14.5 Å². The number of alkyl halides is 1. The van der Waals surface area contributed by atoms with E-state index in [0.29, 0.717) is 10.2 Å². The van der Waals surface area contributed by atoms with Crippen molar-refractivity contribution < 1.29 is 4.79 Å². The molecule has 0 aliphatic heterocycles. The average molecular weight is 348 g/mol. The van der Waals surface area contributed by atoms with Gasteiger partial charge in [-0.15, -0.1) is 0 Å². The number of amides is 1. The zero-order chi connectivity index (χ0) is 13.3. The summed E-state index contributed by atoms with van der Waals surface area (Å²) in [6, 6.07) is 3.88. The summed E-state index contributed by atoms with van der Waals surface area (Å²) in [4.78, 5) is 15.9. The van der Waals surface area contributed by atoms with E-state index in [1.54, 1.807) is 0 Å². The van der Waals surface area contributed by atoms with Gasteiger partial charge in [0.15, 0.2) is 5.13 Å². The first-order valence-corrected chi connectivity index (χ1v) is 7.64. The Labute approximate surface area is 123 Å². The Morgan fingerprint density at radius 1 is 1.61 bits per heavy atom. The van der Waals surface area contributed by atoms with Crippen LogP contribution in [-0.4, -0.2) is 15.7 Å². The second-order valence-electron chi connectivity index (χ2n) is 3.98. The van der Waals surface area contributed by atoms with E-state index < -0.39 is 0 Å². The monoisotopic (exact) mass is 346 g/mol. The third-order valence-electron chi connectivity index (χ3n) is 2.47. The number of fused-ring (bicyclic) bond motifs is 1. The van der Waals surface area contributed by atoms with Crippen LogP contribution in [0.1, 0.15) is 18.9 Å². The minimum Gasteiger partial charge on any atom is -0.301 e. The van der Waals surface area contributed by atoms with Crippen LogP contribution in [0.3, 0.4) is 0 Å². The van der Waals surface area contributed by atoms with E-state index in [4.69, 9.17) is 11.6 Å². The van der Waals surface area contributed by atoms with Gasteiger partial charge in [0.1, 0.15) is 5.52 Å². The van der Waals surface area contributed by atoms with Gasteiger partial charge in [-0.3, -0.25) is 4.79 Å².